The van der Waals surface area contributed by atoms with Gasteiger partial charge in [-0.3, -0.25) is 14.4 Å². The third-order valence-corrected chi connectivity index (χ3v) is 7.46. The molecule has 0 aromatic carbocycles. The van der Waals surface area contributed by atoms with Gasteiger partial charge in [0.25, 0.3) is 0 Å². The first-order valence-corrected chi connectivity index (χ1v) is 10.1. The van der Waals surface area contributed by atoms with Crippen molar-refractivity contribution in [1.29, 1.82) is 0 Å². The number of aliphatic hydroxyl groups excluding tert-OH is 1. The Hall–Kier alpha value is -1.97. The van der Waals surface area contributed by atoms with Gasteiger partial charge in [0, 0.05) is 27.2 Å². The molecule has 2 saturated heterocycles. The van der Waals surface area contributed by atoms with E-state index in [0.717, 1.165) is 5.57 Å². The van der Waals surface area contributed by atoms with Crippen LogP contribution < -0.4 is 0 Å². The summed E-state index contributed by atoms with van der Waals surface area (Å²) in [5.74, 6) is -1.45. The van der Waals surface area contributed by atoms with Crippen LogP contribution in [0.15, 0.2) is 11.6 Å². The summed E-state index contributed by atoms with van der Waals surface area (Å²) >= 11 is 0. The van der Waals surface area contributed by atoms with Crippen LogP contribution in [-0.2, 0) is 38.1 Å². The van der Waals surface area contributed by atoms with Crippen LogP contribution in [-0.4, -0.2) is 72.3 Å². The summed E-state index contributed by atoms with van der Waals surface area (Å²) in [5, 5.41) is 11.1. The van der Waals surface area contributed by atoms with E-state index in [4.69, 9.17) is 23.7 Å². The predicted octanol–water partition coefficient (Wildman–Crippen LogP) is 0.667. The van der Waals surface area contributed by atoms with Crippen LogP contribution >= 0.6 is 0 Å². The molecule has 4 rings (SSSR count). The molecule has 1 spiro atoms. The molecule has 2 aliphatic heterocycles. The minimum absolute atomic E-state index is 0.0621. The van der Waals surface area contributed by atoms with Gasteiger partial charge in [-0.05, 0) is 12.5 Å². The summed E-state index contributed by atoms with van der Waals surface area (Å²) in [6, 6.07) is 0. The van der Waals surface area contributed by atoms with E-state index in [9.17, 15) is 19.5 Å². The van der Waals surface area contributed by atoms with Crippen molar-refractivity contribution in [3.63, 3.8) is 0 Å². The molecule has 30 heavy (non-hydrogen) atoms. The Balaban J connectivity index is 1.87. The fourth-order valence-electron chi connectivity index (χ4n) is 5.92. The van der Waals surface area contributed by atoms with Crippen LogP contribution in [0.2, 0.25) is 0 Å². The van der Waals surface area contributed by atoms with Crippen LogP contribution in [0.1, 0.15) is 41.0 Å². The van der Waals surface area contributed by atoms with E-state index in [0.29, 0.717) is 6.61 Å². The molecule has 0 radical (unpaired) electrons. The van der Waals surface area contributed by atoms with Crippen LogP contribution in [0.4, 0.5) is 0 Å². The fraction of sp³-hybridized carbons (Fsp3) is 0.762. The minimum Gasteiger partial charge on any atom is -0.465 e. The molecule has 2 aliphatic carbocycles. The number of fused-ring (bicyclic) bond motifs is 2. The van der Waals surface area contributed by atoms with Crippen molar-refractivity contribution in [2.24, 2.45) is 10.8 Å². The number of hydrogen-bond donors (Lipinski definition) is 1. The summed E-state index contributed by atoms with van der Waals surface area (Å²) in [4.78, 5) is 35.4. The predicted molar refractivity (Wildman–Crippen MR) is 100 cm³/mol. The maximum absolute atomic E-state index is 11.9. The Bertz CT molecular complexity index is 815. The highest BCUT2D eigenvalue weighted by Crippen LogP contribution is 2.72. The summed E-state index contributed by atoms with van der Waals surface area (Å²) < 4.78 is 28.9. The number of epoxide rings is 1. The third kappa shape index (κ3) is 2.68. The fourth-order valence-corrected chi connectivity index (χ4v) is 5.92. The van der Waals surface area contributed by atoms with E-state index >= 15 is 0 Å². The first-order valence-electron chi connectivity index (χ1n) is 10.1. The van der Waals surface area contributed by atoms with E-state index in [1.807, 2.05) is 19.9 Å². The smallest absolute Gasteiger partial charge is 0.303 e. The van der Waals surface area contributed by atoms with E-state index in [1.54, 1.807) is 0 Å². The molecule has 4 aliphatic rings. The standard InChI is InChI=1S/C21H28O9/c1-10-6-15-20(8-26-11(2)22,7-14(10)28-12(3)23)19(5)17(29-13(4)24)16(25)18(30-15)21(19)9-27-21/h6,14-18,25H,7-9H2,1-5H3/t14-,15+,16?,17+,18+,19+,20+,21-/m0/s1. The molecule has 1 unspecified atom stereocenters. The molecular formula is C21H28O9. The monoisotopic (exact) mass is 424 g/mol. The van der Waals surface area contributed by atoms with Crippen molar-refractivity contribution < 1.29 is 43.2 Å². The van der Waals surface area contributed by atoms with Gasteiger partial charge in [0.15, 0.2) is 0 Å². The Morgan fingerprint density at radius 1 is 1.17 bits per heavy atom. The highest BCUT2D eigenvalue weighted by atomic mass is 16.7. The maximum atomic E-state index is 11.9. The quantitative estimate of drug-likeness (QED) is 0.300. The Labute approximate surface area is 174 Å². The molecule has 2 heterocycles. The van der Waals surface area contributed by atoms with Gasteiger partial charge in [0.2, 0.25) is 0 Å². The second-order valence-electron chi connectivity index (χ2n) is 9.03. The number of hydrogen-bond acceptors (Lipinski definition) is 9. The molecule has 2 bridgehead atoms. The molecule has 9 nitrogen and oxygen atoms in total. The Kier molecular flexibility index (Phi) is 4.80. The lowest BCUT2D eigenvalue weighted by Crippen LogP contribution is -2.68. The number of esters is 3. The Morgan fingerprint density at radius 2 is 1.80 bits per heavy atom. The van der Waals surface area contributed by atoms with Gasteiger partial charge in [-0.2, -0.15) is 0 Å². The molecule has 8 atom stereocenters. The zero-order chi connectivity index (χ0) is 22.1. The SMILES string of the molecule is CC(=O)OC[C@]12C[C@H](OC(C)=O)C(C)=C[C@H]1O[C@@H]1C(O)[C@@H](OC(C)=O)[C@@]2(C)[C@]12CO2. The van der Waals surface area contributed by atoms with Crippen LogP contribution in [0, 0.1) is 10.8 Å². The highest BCUT2D eigenvalue weighted by molar-refractivity contribution is 5.67. The topological polar surface area (TPSA) is 121 Å². The zero-order valence-corrected chi connectivity index (χ0v) is 17.8. The molecule has 1 saturated carbocycles. The first-order chi connectivity index (χ1) is 14.0. The summed E-state index contributed by atoms with van der Waals surface area (Å²) in [5.41, 5.74) is -1.99. The van der Waals surface area contributed by atoms with Crippen molar-refractivity contribution in [3.05, 3.63) is 11.6 Å². The molecule has 9 heteroatoms. The minimum atomic E-state index is -1.11. The number of ether oxygens (including phenoxy) is 5. The van der Waals surface area contributed by atoms with E-state index < -0.39 is 64.9 Å². The number of carbonyl (C=O) groups excluding carboxylic acids is 3. The third-order valence-electron chi connectivity index (χ3n) is 7.46. The number of rotatable bonds is 4. The van der Waals surface area contributed by atoms with Gasteiger partial charge in [0.05, 0.1) is 23.5 Å². The summed E-state index contributed by atoms with van der Waals surface area (Å²) in [6.45, 7) is 7.91. The lowest BCUT2D eigenvalue weighted by atomic mass is 9.51. The molecule has 1 N–H and O–H groups in total. The maximum Gasteiger partial charge on any atom is 0.303 e. The molecule has 0 aromatic rings. The lowest BCUT2D eigenvalue weighted by molar-refractivity contribution is -0.241. The number of aliphatic hydroxyl groups is 1. The molecule has 0 aromatic heterocycles. The summed E-state index contributed by atoms with van der Waals surface area (Å²) in [7, 11) is 0. The average Bonchev–Trinajstić information content (AvgIpc) is 3.42. The van der Waals surface area contributed by atoms with Gasteiger partial charge in [0.1, 0.15) is 36.6 Å². The second kappa shape index (κ2) is 6.77. The van der Waals surface area contributed by atoms with Crippen molar-refractivity contribution in [3.8, 4) is 0 Å². The van der Waals surface area contributed by atoms with Gasteiger partial charge < -0.3 is 28.8 Å². The van der Waals surface area contributed by atoms with E-state index in [1.165, 1.54) is 20.8 Å². The highest BCUT2D eigenvalue weighted by Gasteiger charge is 2.86. The second-order valence-corrected chi connectivity index (χ2v) is 9.03. The van der Waals surface area contributed by atoms with Crippen molar-refractivity contribution in [2.75, 3.05) is 13.2 Å². The van der Waals surface area contributed by atoms with Crippen molar-refractivity contribution in [2.45, 2.75) is 77.2 Å². The first kappa shape index (κ1) is 21.3. The van der Waals surface area contributed by atoms with E-state index in [-0.39, 0.29) is 13.0 Å². The number of carbonyl (C=O) groups is 3. The molecule has 0 amide bonds. The van der Waals surface area contributed by atoms with E-state index in [2.05, 4.69) is 0 Å². The lowest BCUT2D eigenvalue weighted by Gasteiger charge is -2.58. The van der Waals surface area contributed by atoms with Crippen LogP contribution in [0.5, 0.6) is 0 Å². The molecule has 3 fully saturated rings. The van der Waals surface area contributed by atoms with Crippen LogP contribution in [0.3, 0.4) is 0 Å². The molecular weight excluding hydrogens is 396 g/mol. The molecule has 166 valence electrons. The summed E-state index contributed by atoms with van der Waals surface area (Å²) in [6.07, 6.45) is -1.75. The van der Waals surface area contributed by atoms with Crippen molar-refractivity contribution in [1.82, 2.24) is 0 Å². The van der Waals surface area contributed by atoms with Crippen LogP contribution in [0.25, 0.3) is 0 Å². The normalized spacial score (nSPS) is 45.9. The van der Waals surface area contributed by atoms with Gasteiger partial charge in [-0.1, -0.05) is 13.0 Å². The van der Waals surface area contributed by atoms with Gasteiger partial charge in [-0.15, -0.1) is 0 Å². The van der Waals surface area contributed by atoms with Gasteiger partial charge >= 0.3 is 17.9 Å². The zero-order valence-electron chi connectivity index (χ0n) is 17.8. The van der Waals surface area contributed by atoms with Crippen molar-refractivity contribution >= 4 is 17.9 Å². The largest absolute Gasteiger partial charge is 0.465 e. The van der Waals surface area contributed by atoms with Gasteiger partial charge in [-0.25, -0.2) is 0 Å². The average molecular weight is 424 g/mol. The Morgan fingerprint density at radius 3 is 2.33 bits per heavy atom.